The van der Waals surface area contributed by atoms with Crippen molar-refractivity contribution in [2.24, 2.45) is 11.3 Å². The molecule has 60 valence electrons. The van der Waals surface area contributed by atoms with Gasteiger partial charge in [0, 0.05) is 12.0 Å². The van der Waals surface area contributed by atoms with E-state index in [2.05, 4.69) is 32.6 Å². The van der Waals surface area contributed by atoms with Crippen LogP contribution in [-0.4, -0.2) is 12.2 Å². The third-order valence-corrected chi connectivity index (χ3v) is 2.93. The van der Waals surface area contributed by atoms with Crippen molar-refractivity contribution in [3.05, 3.63) is 0 Å². The van der Waals surface area contributed by atoms with Crippen molar-refractivity contribution >= 4 is 0 Å². The van der Waals surface area contributed by atoms with Crippen molar-refractivity contribution in [2.75, 3.05) is 6.61 Å². The summed E-state index contributed by atoms with van der Waals surface area (Å²) in [6.45, 7) is 7.40. The van der Waals surface area contributed by atoms with Gasteiger partial charge in [-0.2, -0.15) is 0 Å². The summed E-state index contributed by atoms with van der Waals surface area (Å²) in [5.74, 6) is 6.91. The molecule has 0 saturated carbocycles. The molecule has 1 heterocycles. The zero-order valence-corrected chi connectivity index (χ0v) is 7.40. The lowest BCUT2D eigenvalue weighted by Crippen LogP contribution is -2.52. The highest BCUT2D eigenvalue weighted by atomic mass is 16.5. The van der Waals surface area contributed by atoms with Gasteiger partial charge in [-0.05, 0) is 27.2 Å². The van der Waals surface area contributed by atoms with Crippen LogP contribution < -0.4 is 0 Å². The molecule has 0 aromatic carbocycles. The van der Waals surface area contributed by atoms with Crippen LogP contribution in [0.1, 0.15) is 27.2 Å². The van der Waals surface area contributed by atoms with E-state index in [1.54, 1.807) is 0 Å². The predicted molar refractivity (Wildman–Crippen MR) is 44.0 cm³/mol. The molecule has 2 aliphatic rings. The summed E-state index contributed by atoms with van der Waals surface area (Å²) in [5.41, 5.74) is 0.250. The Hall–Kier alpha value is -0.480. The smallest absolute Gasteiger partial charge is 0.0778 e. The van der Waals surface area contributed by atoms with Crippen molar-refractivity contribution in [1.29, 1.82) is 0 Å². The molecule has 1 fully saturated rings. The Morgan fingerprint density at radius 1 is 1.36 bits per heavy atom. The van der Waals surface area contributed by atoms with Gasteiger partial charge in [0.1, 0.15) is 0 Å². The van der Waals surface area contributed by atoms with Gasteiger partial charge in [-0.3, -0.25) is 0 Å². The fourth-order valence-corrected chi connectivity index (χ4v) is 2.15. The largest absolute Gasteiger partial charge is 0.374 e. The SMILES string of the molecule is CC1(C)OCC[C@@]2(C)C#C[C@@H]12. The summed E-state index contributed by atoms with van der Waals surface area (Å²) in [7, 11) is 0. The quantitative estimate of drug-likeness (QED) is 0.479. The molecule has 0 aromatic heterocycles. The first-order valence-corrected chi connectivity index (χ1v) is 4.21. The number of hydrogen-bond donors (Lipinski definition) is 0. The first-order valence-electron chi connectivity index (χ1n) is 4.21. The summed E-state index contributed by atoms with van der Waals surface area (Å²) in [6.07, 6.45) is 1.11. The number of ether oxygens (including phenoxy) is 1. The van der Waals surface area contributed by atoms with Crippen LogP contribution in [0.2, 0.25) is 0 Å². The minimum atomic E-state index is -0.0156. The molecule has 0 spiro atoms. The molecule has 1 saturated heterocycles. The Bertz CT molecular complexity index is 243. The minimum Gasteiger partial charge on any atom is -0.374 e. The third-order valence-electron chi connectivity index (χ3n) is 2.93. The molecule has 0 unspecified atom stereocenters. The summed E-state index contributed by atoms with van der Waals surface area (Å²) >= 11 is 0. The number of hydrogen-bond acceptors (Lipinski definition) is 1. The van der Waals surface area contributed by atoms with Crippen LogP contribution in [0.5, 0.6) is 0 Å². The first-order chi connectivity index (χ1) is 5.05. The van der Waals surface area contributed by atoms with Crippen LogP contribution >= 0.6 is 0 Å². The summed E-state index contributed by atoms with van der Waals surface area (Å²) in [5, 5.41) is 0. The molecule has 1 aliphatic carbocycles. The zero-order chi connectivity index (χ0) is 8.11. The average molecular weight is 150 g/mol. The average Bonchev–Trinajstić information content (AvgIpc) is 1.81. The highest BCUT2D eigenvalue weighted by Gasteiger charge is 2.49. The third kappa shape index (κ3) is 0.827. The molecular formula is C10H14O. The number of fused-ring (bicyclic) bond motifs is 1. The molecule has 2 atom stereocenters. The standard InChI is InChI=1S/C10H14O/c1-9(2)8-4-5-10(8,3)6-7-11-9/h8H,6-7H2,1-3H3/t8-,10+/m0/s1. The highest BCUT2D eigenvalue weighted by molar-refractivity contribution is 5.33. The van der Waals surface area contributed by atoms with E-state index in [0.717, 1.165) is 13.0 Å². The summed E-state index contributed by atoms with van der Waals surface area (Å²) in [6, 6.07) is 0. The van der Waals surface area contributed by atoms with Crippen molar-refractivity contribution in [3.8, 4) is 11.8 Å². The van der Waals surface area contributed by atoms with E-state index in [-0.39, 0.29) is 11.0 Å². The van der Waals surface area contributed by atoms with Crippen LogP contribution in [0.15, 0.2) is 0 Å². The lowest BCUT2D eigenvalue weighted by molar-refractivity contribution is -0.121. The van der Waals surface area contributed by atoms with Crippen LogP contribution in [-0.2, 0) is 4.74 Å². The van der Waals surface area contributed by atoms with Crippen molar-refractivity contribution in [2.45, 2.75) is 32.8 Å². The monoisotopic (exact) mass is 150 g/mol. The van der Waals surface area contributed by atoms with E-state index < -0.39 is 0 Å². The molecular weight excluding hydrogens is 136 g/mol. The van der Waals surface area contributed by atoms with E-state index in [1.807, 2.05) is 0 Å². The van der Waals surface area contributed by atoms with Gasteiger partial charge >= 0.3 is 0 Å². The van der Waals surface area contributed by atoms with E-state index in [1.165, 1.54) is 0 Å². The van der Waals surface area contributed by atoms with E-state index >= 15 is 0 Å². The topological polar surface area (TPSA) is 9.23 Å². The zero-order valence-electron chi connectivity index (χ0n) is 7.40. The molecule has 2 rings (SSSR count). The van der Waals surface area contributed by atoms with Gasteiger partial charge in [0.15, 0.2) is 0 Å². The van der Waals surface area contributed by atoms with Crippen LogP contribution in [0.3, 0.4) is 0 Å². The van der Waals surface area contributed by atoms with Crippen molar-refractivity contribution in [3.63, 3.8) is 0 Å². The normalized spacial score (nSPS) is 44.8. The van der Waals surface area contributed by atoms with Crippen molar-refractivity contribution < 1.29 is 4.74 Å². The van der Waals surface area contributed by atoms with E-state index in [4.69, 9.17) is 4.74 Å². The maximum Gasteiger partial charge on any atom is 0.0778 e. The molecule has 0 aromatic rings. The molecule has 0 radical (unpaired) electrons. The second kappa shape index (κ2) is 1.81. The summed E-state index contributed by atoms with van der Waals surface area (Å²) < 4.78 is 5.66. The van der Waals surface area contributed by atoms with E-state index in [0.29, 0.717) is 5.92 Å². The second-order valence-corrected chi connectivity index (χ2v) is 4.32. The molecule has 1 nitrogen and oxygen atoms in total. The lowest BCUT2D eigenvalue weighted by atomic mass is 9.61. The molecule has 11 heavy (non-hydrogen) atoms. The molecule has 1 heteroatoms. The van der Waals surface area contributed by atoms with Gasteiger partial charge < -0.3 is 4.74 Å². The Balaban J connectivity index is 2.30. The maximum atomic E-state index is 5.66. The van der Waals surface area contributed by atoms with Gasteiger partial charge in [-0.15, -0.1) is 0 Å². The summed E-state index contributed by atoms with van der Waals surface area (Å²) in [4.78, 5) is 0. The van der Waals surface area contributed by atoms with Gasteiger partial charge in [-0.25, -0.2) is 0 Å². The molecule has 0 N–H and O–H groups in total. The Kier molecular flexibility index (Phi) is 1.18. The minimum absolute atomic E-state index is 0.0156. The predicted octanol–water partition coefficient (Wildman–Crippen LogP) is 1.82. The Labute approximate surface area is 68.1 Å². The van der Waals surface area contributed by atoms with Crippen LogP contribution in [0.4, 0.5) is 0 Å². The van der Waals surface area contributed by atoms with Gasteiger partial charge in [0.05, 0.1) is 11.5 Å². The Morgan fingerprint density at radius 2 is 2.09 bits per heavy atom. The van der Waals surface area contributed by atoms with Gasteiger partial charge in [0.2, 0.25) is 0 Å². The van der Waals surface area contributed by atoms with E-state index in [9.17, 15) is 0 Å². The first kappa shape index (κ1) is 7.18. The van der Waals surface area contributed by atoms with Crippen LogP contribution in [0, 0.1) is 23.2 Å². The lowest BCUT2D eigenvalue weighted by Gasteiger charge is -2.49. The molecule has 1 aliphatic heterocycles. The number of rotatable bonds is 0. The fraction of sp³-hybridized carbons (Fsp3) is 0.800. The second-order valence-electron chi connectivity index (χ2n) is 4.32. The fourth-order valence-electron chi connectivity index (χ4n) is 2.15. The molecule has 0 bridgehead atoms. The Morgan fingerprint density at radius 3 is 2.45 bits per heavy atom. The molecule has 0 amide bonds. The van der Waals surface area contributed by atoms with Crippen LogP contribution in [0.25, 0.3) is 0 Å². The maximum absolute atomic E-state index is 5.66. The highest BCUT2D eigenvalue weighted by Crippen LogP contribution is 2.47. The van der Waals surface area contributed by atoms with Gasteiger partial charge in [0.25, 0.3) is 0 Å². The van der Waals surface area contributed by atoms with Gasteiger partial charge in [-0.1, -0.05) is 11.8 Å². The van der Waals surface area contributed by atoms with Crippen molar-refractivity contribution in [1.82, 2.24) is 0 Å².